The van der Waals surface area contributed by atoms with E-state index in [4.69, 9.17) is 4.74 Å². The van der Waals surface area contributed by atoms with Crippen molar-refractivity contribution in [3.8, 4) is 0 Å². The average Bonchev–Trinajstić information content (AvgIpc) is 3.16. The average molecular weight is 266 g/mol. The van der Waals surface area contributed by atoms with Crippen LogP contribution in [0.15, 0.2) is 0 Å². The molecule has 0 aromatic heterocycles. The zero-order valence-electron chi connectivity index (χ0n) is 12.7. The van der Waals surface area contributed by atoms with Crippen molar-refractivity contribution >= 4 is 0 Å². The Balaban J connectivity index is 1.50. The summed E-state index contributed by atoms with van der Waals surface area (Å²) in [6.45, 7) is 9.40. The Morgan fingerprint density at radius 3 is 2.37 bits per heavy atom. The van der Waals surface area contributed by atoms with Crippen molar-refractivity contribution in [3.63, 3.8) is 0 Å². The molecule has 0 radical (unpaired) electrons. The summed E-state index contributed by atoms with van der Waals surface area (Å²) in [5, 5.41) is 3.47. The Kier molecular flexibility index (Phi) is 4.16. The lowest BCUT2D eigenvalue weighted by Crippen LogP contribution is -2.41. The van der Waals surface area contributed by atoms with Crippen LogP contribution >= 0.6 is 0 Å². The summed E-state index contributed by atoms with van der Waals surface area (Å²) < 4.78 is 6.19. The largest absolute Gasteiger partial charge is 0.371 e. The number of ether oxygens (including phenoxy) is 1. The lowest BCUT2D eigenvalue weighted by Gasteiger charge is -2.32. The van der Waals surface area contributed by atoms with Crippen LogP contribution in [0.4, 0.5) is 0 Å². The fourth-order valence-corrected chi connectivity index (χ4v) is 3.68. The normalized spacial score (nSPS) is 32.1. The van der Waals surface area contributed by atoms with Crippen LogP contribution in [-0.2, 0) is 4.74 Å². The number of nitrogens with one attached hydrogen (secondary N) is 1. The summed E-state index contributed by atoms with van der Waals surface area (Å²) in [5.41, 5.74) is 0.120. The molecule has 1 N–H and O–H groups in total. The summed E-state index contributed by atoms with van der Waals surface area (Å²) in [6.07, 6.45) is 8.52. The summed E-state index contributed by atoms with van der Waals surface area (Å²) >= 11 is 0. The molecule has 3 fully saturated rings. The molecular weight excluding hydrogens is 236 g/mol. The van der Waals surface area contributed by atoms with Gasteiger partial charge in [0.05, 0.1) is 11.7 Å². The Labute approximate surface area is 118 Å². The molecule has 2 aliphatic heterocycles. The molecule has 3 nitrogen and oxygen atoms in total. The van der Waals surface area contributed by atoms with E-state index in [1.54, 1.807) is 0 Å². The monoisotopic (exact) mass is 266 g/mol. The molecule has 3 aliphatic rings. The van der Waals surface area contributed by atoms with Gasteiger partial charge in [0.25, 0.3) is 0 Å². The van der Waals surface area contributed by atoms with Gasteiger partial charge in [-0.25, -0.2) is 0 Å². The van der Waals surface area contributed by atoms with Crippen molar-refractivity contribution in [1.29, 1.82) is 0 Å². The highest BCUT2D eigenvalue weighted by atomic mass is 16.5. The van der Waals surface area contributed by atoms with Crippen LogP contribution in [0.3, 0.4) is 0 Å². The second-order valence-electron chi connectivity index (χ2n) is 7.42. The standard InChI is InChI=1S/C16H30N2O/c1-16(2)8-5-15(19-16)12-18(14-3-4-14)11-13-6-9-17-10-7-13/h13-15,17H,3-12H2,1-2H3. The Morgan fingerprint density at radius 1 is 1.05 bits per heavy atom. The summed E-state index contributed by atoms with van der Waals surface area (Å²) in [5.74, 6) is 0.913. The van der Waals surface area contributed by atoms with E-state index in [9.17, 15) is 0 Å². The molecule has 0 amide bonds. The van der Waals surface area contributed by atoms with Crippen LogP contribution in [0, 0.1) is 5.92 Å². The fraction of sp³-hybridized carbons (Fsp3) is 1.00. The highest BCUT2D eigenvalue weighted by Gasteiger charge is 2.37. The maximum Gasteiger partial charge on any atom is 0.0710 e. The topological polar surface area (TPSA) is 24.5 Å². The van der Waals surface area contributed by atoms with Crippen LogP contribution in [0.25, 0.3) is 0 Å². The maximum atomic E-state index is 6.19. The SMILES string of the molecule is CC1(C)CCC(CN(CC2CCNCC2)C2CC2)O1. The first-order valence-electron chi connectivity index (χ1n) is 8.25. The first kappa shape index (κ1) is 13.8. The highest BCUT2D eigenvalue weighted by Crippen LogP contribution is 2.34. The number of nitrogens with zero attached hydrogens (tertiary/aromatic N) is 1. The van der Waals surface area contributed by atoms with Crippen LogP contribution in [0.1, 0.15) is 52.4 Å². The van der Waals surface area contributed by atoms with Crippen LogP contribution < -0.4 is 5.32 Å². The van der Waals surface area contributed by atoms with Crippen LogP contribution in [0.2, 0.25) is 0 Å². The predicted molar refractivity (Wildman–Crippen MR) is 78.4 cm³/mol. The zero-order chi connectivity index (χ0) is 13.3. The lowest BCUT2D eigenvalue weighted by atomic mass is 9.97. The minimum absolute atomic E-state index is 0.120. The fourth-order valence-electron chi connectivity index (χ4n) is 3.68. The van der Waals surface area contributed by atoms with Gasteiger partial charge in [-0.05, 0) is 71.4 Å². The molecule has 1 atom stereocenters. The molecule has 3 rings (SSSR count). The third-order valence-electron chi connectivity index (χ3n) is 5.01. The van der Waals surface area contributed by atoms with Gasteiger partial charge in [0.15, 0.2) is 0 Å². The molecule has 0 spiro atoms. The Bertz CT molecular complexity index is 295. The van der Waals surface area contributed by atoms with Gasteiger partial charge in [-0.2, -0.15) is 0 Å². The van der Waals surface area contributed by atoms with Gasteiger partial charge in [0, 0.05) is 19.1 Å². The van der Waals surface area contributed by atoms with Gasteiger partial charge in [-0.3, -0.25) is 4.90 Å². The zero-order valence-corrected chi connectivity index (χ0v) is 12.7. The van der Waals surface area contributed by atoms with Gasteiger partial charge in [0.1, 0.15) is 0 Å². The first-order valence-corrected chi connectivity index (χ1v) is 8.25. The van der Waals surface area contributed by atoms with E-state index >= 15 is 0 Å². The first-order chi connectivity index (χ1) is 9.12. The van der Waals surface area contributed by atoms with Gasteiger partial charge in [0.2, 0.25) is 0 Å². The molecule has 0 aromatic rings. The van der Waals surface area contributed by atoms with Crippen LogP contribution in [-0.4, -0.2) is 48.8 Å². The minimum atomic E-state index is 0.120. The van der Waals surface area contributed by atoms with Gasteiger partial charge in [-0.15, -0.1) is 0 Å². The van der Waals surface area contributed by atoms with E-state index in [2.05, 4.69) is 24.1 Å². The van der Waals surface area contributed by atoms with Crippen molar-refractivity contribution in [3.05, 3.63) is 0 Å². The Morgan fingerprint density at radius 2 is 1.79 bits per heavy atom. The Hall–Kier alpha value is -0.120. The second-order valence-corrected chi connectivity index (χ2v) is 7.42. The number of rotatable bonds is 5. The molecule has 19 heavy (non-hydrogen) atoms. The molecule has 0 aromatic carbocycles. The van der Waals surface area contributed by atoms with E-state index in [0.717, 1.165) is 12.0 Å². The van der Waals surface area contributed by atoms with E-state index < -0.39 is 0 Å². The lowest BCUT2D eigenvalue weighted by molar-refractivity contribution is -0.0316. The molecule has 110 valence electrons. The van der Waals surface area contributed by atoms with E-state index in [0.29, 0.717) is 6.10 Å². The molecule has 1 saturated carbocycles. The third kappa shape index (κ3) is 3.93. The minimum Gasteiger partial charge on any atom is -0.371 e. The second kappa shape index (κ2) is 5.71. The smallest absolute Gasteiger partial charge is 0.0710 e. The quantitative estimate of drug-likeness (QED) is 0.827. The summed E-state index contributed by atoms with van der Waals surface area (Å²) in [6, 6.07) is 0.877. The van der Waals surface area contributed by atoms with Crippen molar-refractivity contribution in [2.75, 3.05) is 26.2 Å². The number of hydrogen-bond donors (Lipinski definition) is 1. The van der Waals surface area contributed by atoms with E-state index in [1.807, 2.05) is 0 Å². The number of hydrogen-bond acceptors (Lipinski definition) is 3. The highest BCUT2D eigenvalue weighted by molar-refractivity contribution is 4.90. The predicted octanol–water partition coefficient (Wildman–Crippen LogP) is 2.41. The third-order valence-corrected chi connectivity index (χ3v) is 5.01. The van der Waals surface area contributed by atoms with Gasteiger partial charge >= 0.3 is 0 Å². The molecule has 0 bridgehead atoms. The number of piperidine rings is 1. The van der Waals surface area contributed by atoms with Crippen molar-refractivity contribution < 1.29 is 4.74 Å². The summed E-state index contributed by atoms with van der Waals surface area (Å²) in [7, 11) is 0. The van der Waals surface area contributed by atoms with Crippen molar-refractivity contribution in [1.82, 2.24) is 10.2 Å². The van der Waals surface area contributed by atoms with E-state index in [1.165, 1.54) is 64.7 Å². The molecule has 2 heterocycles. The molecule has 1 unspecified atom stereocenters. The molecule has 2 saturated heterocycles. The molecular formula is C16H30N2O. The van der Waals surface area contributed by atoms with Gasteiger partial charge < -0.3 is 10.1 Å². The van der Waals surface area contributed by atoms with Crippen LogP contribution in [0.5, 0.6) is 0 Å². The van der Waals surface area contributed by atoms with Crippen molar-refractivity contribution in [2.45, 2.75) is 70.1 Å². The van der Waals surface area contributed by atoms with Gasteiger partial charge in [-0.1, -0.05) is 0 Å². The maximum absolute atomic E-state index is 6.19. The molecule has 3 heteroatoms. The molecule has 1 aliphatic carbocycles. The summed E-state index contributed by atoms with van der Waals surface area (Å²) in [4.78, 5) is 2.75. The van der Waals surface area contributed by atoms with Crippen molar-refractivity contribution in [2.24, 2.45) is 5.92 Å². The van der Waals surface area contributed by atoms with E-state index in [-0.39, 0.29) is 5.60 Å².